The highest BCUT2D eigenvalue weighted by Crippen LogP contribution is 2.27. The third kappa shape index (κ3) is 1.97. The molecule has 82 valence electrons. The molecule has 0 saturated carbocycles. The predicted octanol–water partition coefficient (Wildman–Crippen LogP) is 4.36. The maximum atomic E-state index is 12.3. The van der Waals surface area contributed by atoms with Crippen LogP contribution in [-0.4, -0.2) is 5.78 Å². The number of halogens is 1. The molecule has 3 heteroatoms. The van der Waals surface area contributed by atoms with Crippen molar-refractivity contribution in [2.75, 3.05) is 0 Å². The van der Waals surface area contributed by atoms with Crippen molar-refractivity contribution in [2.45, 2.75) is 13.8 Å². The smallest absolute Gasteiger partial charge is 0.204 e. The fourth-order valence-corrected chi connectivity index (χ4v) is 3.08. The van der Waals surface area contributed by atoms with E-state index in [-0.39, 0.29) is 5.78 Å². The van der Waals surface area contributed by atoms with Crippen LogP contribution in [0.25, 0.3) is 0 Å². The number of rotatable bonds is 2. The van der Waals surface area contributed by atoms with Crippen molar-refractivity contribution in [1.29, 1.82) is 0 Å². The molecule has 0 aliphatic rings. The summed E-state index contributed by atoms with van der Waals surface area (Å²) in [6.45, 7) is 4.01. The Hall–Kier alpha value is -0.930. The van der Waals surface area contributed by atoms with Crippen molar-refractivity contribution in [2.24, 2.45) is 0 Å². The van der Waals surface area contributed by atoms with Crippen LogP contribution in [0, 0.1) is 13.8 Å². The number of hydrogen-bond acceptors (Lipinski definition) is 2. The number of carbonyl (C=O) groups is 1. The Kier molecular flexibility index (Phi) is 3.26. The van der Waals surface area contributed by atoms with Crippen LogP contribution in [0.4, 0.5) is 0 Å². The van der Waals surface area contributed by atoms with Gasteiger partial charge in [-0.2, -0.15) is 0 Å². The second-order valence-electron chi connectivity index (χ2n) is 3.67. The molecule has 0 unspecified atom stereocenters. The summed E-state index contributed by atoms with van der Waals surface area (Å²) in [5.41, 5.74) is 3.01. The molecule has 0 saturated heterocycles. The molecule has 0 fully saturated rings. The van der Waals surface area contributed by atoms with Gasteiger partial charge in [-0.1, -0.05) is 18.2 Å². The molecule has 0 radical (unpaired) electrons. The second kappa shape index (κ2) is 4.52. The molecule has 0 atom stereocenters. The summed E-state index contributed by atoms with van der Waals surface area (Å²) in [6.07, 6.45) is 0. The van der Waals surface area contributed by atoms with E-state index in [0.29, 0.717) is 0 Å². The topological polar surface area (TPSA) is 17.1 Å². The number of benzene rings is 1. The Morgan fingerprint density at radius 3 is 2.62 bits per heavy atom. The number of hydrogen-bond donors (Lipinski definition) is 0. The summed E-state index contributed by atoms with van der Waals surface area (Å²) in [6, 6.07) is 7.74. The van der Waals surface area contributed by atoms with Crippen LogP contribution in [0.3, 0.4) is 0 Å². The van der Waals surface area contributed by atoms with Gasteiger partial charge in [-0.05, 0) is 52.4 Å². The van der Waals surface area contributed by atoms with Crippen LogP contribution in [0.2, 0.25) is 0 Å². The maximum absolute atomic E-state index is 12.3. The lowest BCUT2D eigenvalue weighted by molar-refractivity contribution is 0.104. The highest BCUT2D eigenvalue weighted by Gasteiger charge is 2.16. The zero-order chi connectivity index (χ0) is 11.7. The molecule has 1 heterocycles. The minimum absolute atomic E-state index is 0.100. The van der Waals surface area contributed by atoms with Gasteiger partial charge in [0, 0.05) is 10.0 Å². The van der Waals surface area contributed by atoms with E-state index in [2.05, 4.69) is 15.9 Å². The van der Waals surface area contributed by atoms with Gasteiger partial charge in [0.2, 0.25) is 5.78 Å². The van der Waals surface area contributed by atoms with Crippen molar-refractivity contribution in [1.82, 2.24) is 0 Å². The van der Waals surface area contributed by atoms with Crippen LogP contribution in [0.15, 0.2) is 34.1 Å². The average Bonchev–Trinajstić information content (AvgIpc) is 2.68. The van der Waals surface area contributed by atoms with Crippen LogP contribution in [0.5, 0.6) is 0 Å². The molecule has 2 aromatic rings. The van der Waals surface area contributed by atoms with E-state index in [1.54, 1.807) is 0 Å². The van der Waals surface area contributed by atoms with Crippen molar-refractivity contribution in [3.8, 4) is 0 Å². The van der Waals surface area contributed by atoms with Crippen LogP contribution in [-0.2, 0) is 0 Å². The molecule has 1 aromatic heterocycles. The van der Waals surface area contributed by atoms with Gasteiger partial charge < -0.3 is 0 Å². The zero-order valence-corrected chi connectivity index (χ0v) is 11.5. The molecular formula is C13H11BrOS. The lowest BCUT2D eigenvalue weighted by Crippen LogP contribution is -2.03. The van der Waals surface area contributed by atoms with E-state index in [9.17, 15) is 4.79 Å². The summed E-state index contributed by atoms with van der Waals surface area (Å²) in [5, 5.41) is 1.92. The lowest BCUT2D eigenvalue weighted by atomic mass is 9.99. The lowest BCUT2D eigenvalue weighted by Gasteiger charge is -2.06. The van der Waals surface area contributed by atoms with Gasteiger partial charge >= 0.3 is 0 Å². The standard InChI is InChI=1S/C13H11BrOS/c1-8-4-3-5-10(9(8)2)12(15)13-11(14)6-7-16-13/h3-7H,1-2H3. The summed E-state index contributed by atoms with van der Waals surface area (Å²) >= 11 is 4.87. The monoisotopic (exact) mass is 294 g/mol. The van der Waals surface area contributed by atoms with Gasteiger partial charge in [0.1, 0.15) is 0 Å². The zero-order valence-electron chi connectivity index (χ0n) is 9.08. The first-order chi connectivity index (χ1) is 7.61. The Morgan fingerprint density at radius 1 is 1.25 bits per heavy atom. The quantitative estimate of drug-likeness (QED) is 0.752. The highest BCUT2D eigenvalue weighted by atomic mass is 79.9. The molecule has 1 nitrogen and oxygen atoms in total. The second-order valence-corrected chi connectivity index (χ2v) is 5.44. The first-order valence-electron chi connectivity index (χ1n) is 4.95. The number of aryl methyl sites for hydroxylation is 1. The molecule has 16 heavy (non-hydrogen) atoms. The van der Waals surface area contributed by atoms with Gasteiger partial charge in [-0.3, -0.25) is 4.79 Å². The highest BCUT2D eigenvalue weighted by molar-refractivity contribution is 9.10. The summed E-state index contributed by atoms with van der Waals surface area (Å²) in [5.74, 6) is 0.100. The van der Waals surface area contributed by atoms with E-state index in [1.165, 1.54) is 11.3 Å². The predicted molar refractivity (Wildman–Crippen MR) is 71.4 cm³/mol. The first-order valence-corrected chi connectivity index (χ1v) is 6.62. The molecule has 0 spiro atoms. The maximum Gasteiger partial charge on any atom is 0.204 e. The Morgan fingerprint density at radius 2 is 2.00 bits per heavy atom. The van der Waals surface area contributed by atoms with Gasteiger partial charge in [-0.15, -0.1) is 11.3 Å². The number of thiophene rings is 1. The first kappa shape index (κ1) is 11.6. The molecular weight excluding hydrogens is 284 g/mol. The molecule has 1 aromatic carbocycles. The Balaban J connectivity index is 2.50. The van der Waals surface area contributed by atoms with E-state index in [4.69, 9.17) is 0 Å². The molecule has 0 aliphatic carbocycles. The number of carbonyl (C=O) groups excluding carboxylic acids is 1. The van der Waals surface area contributed by atoms with Crippen LogP contribution < -0.4 is 0 Å². The fraction of sp³-hybridized carbons (Fsp3) is 0.154. The molecule has 2 rings (SSSR count). The summed E-state index contributed by atoms with van der Waals surface area (Å²) in [7, 11) is 0. The van der Waals surface area contributed by atoms with Gasteiger partial charge in [0.15, 0.2) is 0 Å². The fourth-order valence-electron chi connectivity index (χ4n) is 1.58. The summed E-state index contributed by atoms with van der Waals surface area (Å²) in [4.78, 5) is 13.1. The molecule has 0 bridgehead atoms. The van der Waals surface area contributed by atoms with Gasteiger partial charge in [-0.25, -0.2) is 0 Å². The van der Waals surface area contributed by atoms with E-state index in [0.717, 1.165) is 26.0 Å². The molecule has 0 N–H and O–H groups in total. The van der Waals surface area contributed by atoms with Crippen molar-refractivity contribution in [3.05, 3.63) is 55.7 Å². The minimum Gasteiger partial charge on any atom is -0.288 e. The van der Waals surface area contributed by atoms with E-state index >= 15 is 0 Å². The van der Waals surface area contributed by atoms with E-state index in [1.807, 2.05) is 43.5 Å². The van der Waals surface area contributed by atoms with Crippen molar-refractivity contribution < 1.29 is 4.79 Å². The normalized spacial score (nSPS) is 10.4. The SMILES string of the molecule is Cc1cccc(C(=O)c2sccc2Br)c1C. The van der Waals surface area contributed by atoms with Gasteiger partial charge in [0.05, 0.1) is 4.88 Å². The average molecular weight is 295 g/mol. The third-order valence-corrected chi connectivity index (χ3v) is 4.51. The largest absolute Gasteiger partial charge is 0.288 e. The summed E-state index contributed by atoms with van der Waals surface area (Å²) < 4.78 is 0.878. The third-order valence-electron chi connectivity index (χ3n) is 2.67. The number of ketones is 1. The van der Waals surface area contributed by atoms with Crippen LogP contribution in [0.1, 0.15) is 26.4 Å². The minimum atomic E-state index is 0.100. The molecule has 0 amide bonds. The Bertz CT molecular complexity index is 543. The molecule has 0 aliphatic heterocycles. The van der Waals surface area contributed by atoms with Gasteiger partial charge in [0.25, 0.3) is 0 Å². The van der Waals surface area contributed by atoms with Crippen molar-refractivity contribution >= 4 is 33.0 Å². The van der Waals surface area contributed by atoms with Crippen molar-refractivity contribution in [3.63, 3.8) is 0 Å². The Labute approximate surface area is 107 Å². The van der Waals surface area contributed by atoms with E-state index < -0.39 is 0 Å². The van der Waals surface area contributed by atoms with Crippen LogP contribution >= 0.6 is 27.3 Å².